The van der Waals surface area contributed by atoms with Crippen molar-refractivity contribution in [1.29, 1.82) is 0 Å². The number of aromatic carboxylic acids is 1. The van der Waals surface area contributed by atoms with Crippen molar-refractivity contribution >= 4 is 17.7 Å². The Morgan fingerprint density at radius 2 is 1.67 bits per heavy atom. The van der Waals surface area contributed by atoms with Crippen LogP contribution in [0.1, 0.15) is 39.1 Å². The second-order valence-corrected chi connectivity index (χ2v) is 6.02. The summed E-state index contributed by atoms with van der Waals surface area (Å²) in [7, 11) is 2.94. The number of nitrogens with zero attached hydrogens (tertiary/aromatic N) is 1. The molecule has 1 N–H and O–H groups in total. The molecule has 0 heterocycles. The third kappa shape index (κ3) is 5.37. The van der Waals surface area contributed by atoms with Crippen molar-refractivity contribution < 1.29 is 28.6 Å². The van der Waals surface area contributed by atoms with E-state index in [0.29, 0.717) is 6.54 Å². The molecule has 1 amide bonds. The second kappa shape index (κ2) is 8.93. The van der Waals surface area contributed by atoms with Crippen molar-refractivity contribution in [3.05, 3.63) is 65.0 Å². The fourth-order valence-electron chi connectivity index (χ4n) is 2.51. The molecule has 27 heavy (non-hydrogen) atoms. The van der Waals surface area contributed by atoms with E-state index in [2.05, 4.69) is 0 Å². The molecule has 0 spiro atoms. The minimum Gasteiger partial charge on any atom is -0.494 e. The van der Waals surface area contributed by atoms with Gasteiger partial charge in [-0.3, -0.25) is 9.59 Å². The highest BCUT2D eigenvalue weighted by molar-refractivity contribution is 5.98. The number of ketones is 1. The molecule has 2 rings (SSSR count). The summed E-state index contributed by atoms with van der Waals surface area (Å²) in [4.78, 5) is 36.7. The van der Waals surface area contributed by atoms with Gasteiger partial charge in [0.25, 0.3) is 0 Å². The first-order valence-electron chi connectivity index (χ1n) is 8.24. The fraction of sp³-hybridized carbons (Fsp3) is 0.250. The van der Waals surface area contributed by atoms with Crippen molar-refractivity contribution in [3.8, 4) is 5.75 Å². The van der Waals surface area contributed by atoms with E-state index in [1.807, 2.05) is 0 Å². The Hall–Kier alpha value is -3.22. The summed E-state index contributed by atoms with van der Waals surface area (Å²) in [5.74, 6) is -2.16. The van der Waals surface area contributed by atoms with Crippen LogP contribution in [0.25, 0.3) is 0 Å². The lowest BCUT2D eigenvalue weighted by Gasteiger charge is -2.17. The third-order valence-corrected chi connectivity index (χ3v) is 4.09. The molecule has 0 unspecified atom stereocenters. The van der Waals surface area contributed by atoms with E-state index in [1.54, 1.807) is 19.2 Å². The molecule has 7 heteroatoms. The summed E-state index contributed by atoms with van der Waals surface area (Å²) in [6.07, 6.45) is -0.0386. The molecule has 0 radical (unpaired) electrons. The molecule has 0 fully saturated rings. The predicted molar refractivity (Wildman–Crippen MR) is 96.4 cm³/mol. The Bertz CT molecular complexity index is 848. The van der Waals surface area contributed by atoms with Crippen LogP contribution in [0, 0.1) is 5.82 Å². The summed E-state index contributed by atoms with van der Waals surface area (Å²) in [6, 6.07) is 10.1. The van der Waals surface area contributed by atoms with Gasteiger partial charge in [-0.15, -0.1) is 0 Å². The Morgan fingerprint density at radius 3 is 2.22 bits per heavy atom. The Morgan fingerprint density at radius 1 is 1.04 bits per heavy atom. The highest BCUT2D eigenvalue weighted by Crippen LogP contribution is 2.19. The van der Waals surface area contributed by atoms with Gasteiger partial charge in [-0.1, -0.05) is 12.1 Å². The lowest BCUT2D eigenvalue weighted by Crippen LogP contribution is -2.26. The maximum Gasteiger partial charge on any atom is 0.335 e. The summed E-state index contributed by atoms with van der Waals surface area (Å²) >= 11 is 0. The Kier molecular flexibility index (Phi) is 6.65. The van der Waals surface area contributed by atoms with Gasteiger partial charge in [0.1, 0.15) is 0 Å². The van der Waals surface area contributed by atoms with E-state index in [1.165, 1.54) is 36.3 Å². The number of benzene rings is 2. The molecule has 0 aliphatic carbocycles. The topological polar surface area (TPSA) is 83.9 Å². The molecular formula is C20H20FNO5. The molecule has 0 atom stereocenters. The van der Waals surface area contributed by atoms with Crippen LogP contribution in [0.3, 0.4) is 0 Å². The van der Waals surface area contributed by atoms with Gasteiger partial charge in [0, 0.05) is 32.0 Å². The Balaban J connectivity index is 1.89. The number of carbonyl (C=O) groups excluding carboxylic acids is 2. The molecule has 6 nitrogen and oxygen atoms in total. The number of carboxylic acids is 1. The Labute approximate surface area is 156 Å². The van der Waals surface area contributed by atoms with Crippen molar-refractivity contribution in [3.63, 3.8) is 0 Å². The molecule has 0 bridgehead atoms. The van der Waals surface area contributed by atoms with E-state index >= 15 is 0 Å². The number of ether oxygens (including phenoxy) is 1. The molecule has 2 aromatic carbocycles. The normalized spacial score (nSPS) is 10.3. The third-order valence-electron chi connectivity index (χ3n) is 4.09. The SMILES string of the molecule is COc1ccc(C(=O)CCC(=O)N(C)Cc2ccc(C(=O)O)cc2)cc1F. The lowest BCUT2D eigenvalue weighted by atomic mass is 10.1. The maximum atomic E-state index is 13.7. The van der Waals surface area contributed by atoms with Gasteiger partial charge in [0.2, 0.25) is 5.91 Å². The predicted octanol–water partition coefficient (Wildman–Crippen LogP) is 3.15. The van der Waals surface area contributed by atoms with Gasteiger partial charge < -0.3 is 14.7 Å². The number of hydrogen-bond acceptors (Lipinski definition) is 4. The van der Waals surface area contributed by atoms with Crippen LogP contribution >= 0.6 is 0 Å². The summed E-state index contributed by atoms with van der Waals surface area (Å²) in [5, 5.41) is 8.88. The lowest BCUT2D eigenvalue weighted by molar-refractivity contribution is -0.130. The second-order valence-electron chi connectivity index (χ2n) is 6.02. The molecule has 0 aliphatic heterocycles. The summed E-state index contributed by atoms with van der Waals surface area (Å²) in [5.41, 5.74) is 1.14. The minimum atomic E-state index is -1.01. The molecule has 0 saturated heterocycles. The van der Waals surface area contributed by atoms with Crippen molar-refractivity contribution in [2.45, 2.75) is 19.4 Å². The molecule has 0 aromatic heterocycles. The molecular weight excluding hydrogens is 353 g/mol. The van der Waals surface area contributed by atoms with Gasteiger partial charge in [-0.05, 0) is 35.9 Å². The quantitative estimate of drug-likeness (QED) is 0.719. The first kappa shape index (κ1) is 20.1. The number of halogens is 1. The smallest absolute Gasteiger partial charge is 0.335 e. The zero-order valence-corrected chi connectivity index (χ0v) is 15.1. The average molecular weight is 373 g/mol. The van der Waals surface area contributed by atoms with Gasteiger partial charge >= 0.3 is 5.97 Å². The number of Topliss-reactive ketones (excluding diaryl/α,β-unsaturated/α-hetero) is 1. The summed E-state index contributed by atoms with van der Waals surface area (Å²) in [6.45, 7) is 0.296. The number of carbonyl (C=O) groups is 3. The maximum absolute atomic E-state index is 13.7. The minimum absolute atomic E-state index is 0.00378. The van der Waals surface area contributed by atoms with Crippen LogP contribution in [0.15, 0.2) is 42.5 Å². The molecule has 0 aliphatic rings. The number of methoxy groups -OCH3 is 1. The first-order chi connectivity index (χ1) is 12.8. The number of hydrogen-bond donors (Lipinski definition) is 1. The van der Waals surface area contributed by atoms with Gasteiger partial charge in [0.15, 0.2) is 17.3 Å². The highest BCUT2D eigenvalue weighted by Gasteiger charge is 2.15. The molecule has 2 aromatic rings. The van der Waals surface area contributed by atoms with E-state index in [0.717, 1.165) is 11.6 Å². The van der Waals surface area contributed by atoms with Crippen LogP contribution in [0.5, 0.6) is 5.75 Å². The van der Waals surface area contributed by atoms with Crippen LogP contribution < -0.4 is 4.74 Å². The molecule has 142 valence electrons. The van der Waals surface area contributed by atoms with Crippen LogP contribution in [-0.4, -0.2) is 41.8 Å². The van der Waals surface area contributed by atoms with Gasteiger partial charge in [0.05, 0.1) is 12.7 Å². The standard InChI is InChI=1S/C20H20FNO5/c1-22(12-13-3-5-14(6-4-13)20(25)26)19(24)10-8-17(23)15-7-9-18(27-2)16(21)11-15/h3-7,9,11H,8,10,12H2,1-2H3,(H,25,26). The largest absolute Gasteiger partial charge is 0.494 e. The van der Waals surface area contributed by atoms with Crippen molar-refractivity contribution in [1.82, 2.24) is 4.90 Å². The number of amides is 1. The monoisotopic (exact) mass is 373 g/mol. The first-order valence-corrected chi connectivity index (χ1v) is 8.24. The van der Waals surface area contributed by atoms with E-state index in [-0.39, 0.29) is 41.4 Å². The van der Waals surface area contributed by atoms with Crippen LogP contribution in [0.2, 0.25) is 0 Å². The van der Waals surface area contributed by atoms with Crippen LogP contribution in [0.4, 0.5) is 4.39 Å². The number of carboxylic acid groups (broad SMARTS) is 1. The van der Waals surface area contributed by atoms with Crippen molar-refractivity contribution in [2.75, 3.05) is 14.2 Å². The van der Waals surface area contributed by atoms with Crippen molar-refractivity contribution in [2.24, 2.45) is 0 Å². The van der Waals surface area contributed by atoms with E-state index in [9.17, 15) is 18.8 Å². The highest BCUT2D eigenvalue weighted by atomic mass is 19.1. The fourth-order valence-corrected chi connectivity index (χ4v) is 2.51. The zero-order valence-electron chi connectivity index (χ0n) is 15.1. The van der Waals surface area contributed by atoms with E-state index in [4.69, 9.17) is 9.84 Å². The average Bonchev–Trinajstić information content (AvgIpc) is 2.66. The van der Waals surface area contributed by atoms with Gasteiger partial charge in [-0.2, -0.15) is 0 Å². The van der Waals surface area contributed by atoms with Gasteiger partial charge in [-0.25, -0.2) is 9.18 Å². The van der Waals surface area contributed by atoms with Crippen LogP contribution in [-0.2, 0) is 11.3 Å². The number of rotatable bonds is 8. The summed E-state index contributed by atoms with van der Waals surface area (Å²) < 4.78 is 18.5. The zero-order chi connectivity index (χ0) is 20.0. The molecule has 0 saturated carbocycles. The van der Waals surface area contributed by atoms with E-state index < -0.39 is 11.8 Å².